The summed E-state index contributed by atoms with van der Waals surface area (Å²) < 4.78 is 0. The molecule has 1 atom stereocenters. The number of hydrogen-bond donors (Lipinski definition) is 1. The second kappa shape index (κ2) is 13.8. The van der Waals surface area contributed by atoms with E-state index in [4.69, 9.17) is 16.9 Å². The van der Waals surface area contributed by atoms with Gasteiger partial charge in [0.25, 0.3) is 0 Å². The number of nitriles is 1. The molecule has 6 nitrogen and oxygen atoms in total. The molecule has 37 heavy (non-hydrogen) atoms. The van der Waals surface area contributed by atoms with Crippen LogP contribution in [0, 0.1) is 16.7 Å². The third-order valence-corrected chi connectivity index (χ3v) is 8.04. The number of piperazine rings is 1. The Kier molecular flexibility index (Phi) is 10.8. The molecule has 3 aliphatic rings. The van der Waals surface area contributed by atoms with Gasteiger partial charge in [-0.15, -0.1) is 0 Å². The first kappa shape index (κ1) is 29.0. The van der Waals surface area contributed by atoms with Gasteiger partial charge < -0.3 is 20.0 Å². The third kappa shape index (κ3) is 7.47. The Balaban J connectivity index is 0.000000361. The molecule has 3 aliphatic heterocycles. The maximum absolute atomic E-state index is 10.9. The molecule has 0 aliphatic carbocycles. The summed E-state index contributed by atoms with van der Waals surface area (Å²) in [4.78, 5) is 18.1. The number of carbonyl (C=O) groups is 1. The molecule has 0 aromatic heterocycles. The fraction of sp³-hybridized carbons (Fsp3) is 0.533. The number of benzene rings is 2. The van der Waals surface area contributed by atoms with Gasteiger partial charge in [0.1, 0.15) is 12.4 Å². The van der Waals surface area contributed by atoms with E-state index in [1.165, 1.54) is 25.2 Å². The second-order valence-corrected chi connectivity index (χ2v) is 10.6. The highest BCUT2D eigenvalue weighted by Gasteiger charge is 2.44. The molecule has 3 saturated heterocycles. The van der Waals surface area contributed by atoms with E-state index in [9.17, 15) is 4.79 Å². The minimum absolute atomic E-state index is 0.332. The minimum atomic E-state index is 0.332. The zero-order chi connectivity index (χ0) is 26.8. The van der Waals surface area contributed by atoms with E-state index in [2.05, 4.69) is 40.1 Å². The number of likely N-dealkylation sites (N-methyl/N-ethyl adjacent to an activating group) is 1. The first-order valence-electron chi connectivity index (χ1n) is 13.6. The van der Waals surface area contributed by atoms with Gasteiger partial charge in [0.05, 0.1) is 10.6 Å². The van der Waals surface area contributed by atoms with Crippen molar-refractivity contribution < 1.29 is 4.79 Å². The number of rotatable bonds is 3. The van der Waals surface area contributed by atoms with Crippen LogP contribution in [0.3, 0.4) is 0 Å². The molecule has 1 N–H and O–H groups in total. The van der Waals surface area contributed by atoms with Gasteiger partial charge in [-0.25, -0.2) is 0 Å². The van der Waals surface area contributed by atoms with Crippen LogP contribution in [-0.4, -0.2) is 70.1 Å². The van der Waals surface area contributed by atoms with E-state index in [0.717, 1.165) is 63.1 Å². The smallest absolute Gasteiger partial charge is 0.150 e. The number of piperidine rings is 1. The summed E-state index contributed by atoms with van der Waals surface area (Å²) in [5.41, 5.74) is 3.89. The van der Waals surface area contributed by atoms with Crippen molar-refractivity contribution in [1.82, 2.24) is 10.2 Å². The van der Waals surface area contributed by atoms with E-state index < -0.39 is 0 Å². The maximum atomic E-state index is 10.9. The number of halogens is 1. The lowest BCUT2D eigenvalue weighted by Crippen LogP contribution is -2.41. The van der Waals surface area contributed by atoms with E-state index in [1.54, 1.807) is 0 Å². The van der Waals surface area contributed by atoms with Crippen LogP contribution >= 0.6 is 11.6 Å². The summed E-state index contributed by atoms with van der Waals surface area (Å²) in [6.45, 7) is 14.1. The molecule has 7 heteroatoms. The summed E-state index contributed by atoms with van der Waals surface area (Å²) >= 11 is 6.26. The monoisotopic (exact) mass is 523 g/mol. The highest BCUT2D eigenvalue weighted by molar-refractivity contribution is 6.32. The zero-order valence-corrected chi connectivity index (χ0v) is 23.6. The van der Waals surface area contributed by atoms with Crippen LogP contribution in [0.4, 0.5) is 11.4 Å². The molecule has 3 fully saturated rings. The number of hydrogen-bond acceptors (Lipinski definition) is 6. The standard InChI is InChI=1S/C23H24ClN3O.C5H12N2.C2H6/c1-17-13-23(16-27(17)21-7-4-19(14-25)22(24)12-21)8-10-26(11-9-23)20-5-2-18(15-28)3-6-20;1-7-4-2-6-3-5-7;1-2/h2-7,12,15,17H,8-11,13,16H2,1H3;6H,2-5H2,1H3;1-2H3. The predicted molar refractivity (Wildman–Crippen MR) is 155 cm³/mol. The average Bonchev–Trinajstić information content (AvgIpc) is 3.26. The molecule has 5 rings (SSSR count). The Hall–Kier alpha value is -2.59. The Labute approximate surface area is 228 Å². The fourth-order valence-electron chi connectivity index (χ4n) is 5.58. The topological polar surface area (TPSA) is 62.6 Å². The van der Waals surface area contributed by atoms with Gasteiger partial charge in [-0.3, -0.25) is 4.79 Å². The maximum Gasteiger partial charge on any atom is 0.150 e. The SMILES string of the molecule is CC.CC1CC2(CCN(c3ccc(C=O)cc3)CC2)CN1c1ccc(C#N)c(Cl)c1.CN1CCNCC1. The molecular weight excluding hydrogens is 482 g/mol. The van der Waals surface area contributed by atoms with E-state index in [0.29, 0.717) is 22.0 Å². The Morgan fingerprint density at radius 2 is 1.65 bits per heavy atom. The lowest BCUT2D eigenvalue weighted by molar-refractivity contribution is 0.112. The molecule has 3 heterocycles. The Morgan fingerprint density at radius 1 is 1.03 bits per heavy atom. The summed E-state index contributed by atoms with van der Waals surface area (Å²) in [5, 5.41) is 12.9. The fourth-order valence-corrected chi connectivity index (χ4v) is 5.80. The van der Waals surface area contributed by atoms with Crippen molar-refractivity contribution in [3.05, 3.63) is 58.6 Å². The molecule has 1 unspecified atom stereocenters. The Bertz CT molecular complexity index is 1040. The molecule has 0 saturated carbocycles. The van der Waals surface area contributed by atoms with Gasteiger partial charge in [0.15, 0.2) is 0 Å². The molecule has 2 aromatic rings. The van der Waals surface area contributed by atoms with Gasteiger partial charge in [0.2, 0.25) is 0 Å². The van der Waals surface area contributed by atoms with Crippen LogP contribution in [0.15, 0.2) is 42.5 Å². The van der Waals surface area contributed by atoms with Crippen molar-refractivity contribution in [2.24, 2.45) is 5.41 Å². The molecule has 0 radical (unpaired) electrons. The van der Waals surface area contributed by atoms with Gasteiger partial charge >= 0.3 is 0 Å². The summed E-state index contributed by atoms with van der Waals surface area (Å²) in [6.07, 6.45) is 4.39. The zero-order valence-electron chi connectivity index (χ0n) is 22.8. The summed E-state index contributed by atoms with van der Waals surface area (Å²) in [6, 6.07) is 16.2. The molecule has 0 bridgehead atoms. The van der Waals surface area contributed by atoms with Crippen LogP contribution in [0.2, 0.25) is 5.02 Å². The molecule has 1 spiro atoms. The average molecular weight is 524 g/mol. The highest BCUT2D eigenvalue weighted by Crippen LogP contribution is 2.45. The molecule has 0 amide bonds. The number of aldehydes is 1. The first-order chi connectivity index (χ1) is 17.9. The summed E-state index contributed by atoms with van der Waals surface area (Å²) in [7, 11) is 2.15. The minimum Gasteiger partial charge on any atom is -0.371 e. The molecular formula is C30H42ClN5O. The van der Waals surface area contributed by atoms with Crippen molar-refractivity contribution in [2.75, 3.05) is 62.7 Å². The van der Waals surface area contributed by atoms with Crippen molar-refractivity contribution in [3.8, 4) is 6.07 Å². The van der Waals surface area contributed by atoms with E-state index >= 15 is 0 Å². The Morgan fingerprint density at radius 3 is 2.16 bits per heavy atom. The lowest BCUT2D eigenvalue weighted by Gasteiger charge is -2.40. The van der Waals surface area contributed by atoms with Crippen molar-refractivity contribution in [1.29, 1.82) is 5.26 Å². The van der Waals surface area contributed by atoms with Crippen molar-refractivity contribution in [2.45, 2.75) is 46.1 Å². The number of nitrogens with one attached hydrogen (secondary N) is 1. The van der Waals surface area contributed by atoms with Crippen molar-refractivity contribution in [3.63, 3.8) is 0 Å². The van der Waals surface area contributed by atoms with Gasteiger partial charge in [-0.05, 0) is 81.1 Å². The van der Waals surface area contributed by atoms with Crippen LogP contribution in [0.5, 0.6) is 0 Å². The van der Waals surface area contributed by atoms with Crippen LogP contribution < -0.4 is 15.1 Å². The summed E-state index contributed by atoms with van der Waals surface area (Å²) in [5.74, 6) is 0. The quantitative estimate of drug-likeness (QED) is 0.539. The van der Waals surface area contributed by atoms with Crippen LogP contribution in [0.1, 0.15) is 56.0 Å². The normalized spacial score (nSPS) is 20.8. The molecule has 200 valence electrons. The largest absolute Gasteiger partial charge is 0.371 e. The van der Waals surface area contributed by atoms with Gasteiger partial charge in [-0.2, -0.15) is 5.26 Å². The lowest BCUT2D eigenvalue weighted by atomic mass is 9.76. The highest BCUT2D eigenvalue weighted by atomic mass is 35.5. The number of nitrogens with zero attached hydrogens (tertiary/aromatic N) is 4. The third-order valence-electron chi connectivity index (χ3n) is 7.73. The number of carbonyl (C=O) groups excluding carboxylic acids is 1. The van der Waals surface area contributed by atoms with Crippen LogP contribution in [0.25, 0.3) is 0 Å². The van der Waals surface area contributed by atoms with Gasteiger partial charge in [0, 0.05) is 68.8 Å². The van der Waals surface area contributed by atoms with E-state index in [-0.39, 0.29) is 0 Å². The molecule has 2 aromatic carbocycles. The van der Waals surface area contributed by atoms with Crippen molar-refractivity contribution >= 4 is 29.3 Å². The van der Waals surface area contributed by atoms with E-state index in [1.807, 2.05) is 56.3 Å². The second-order valence-electron chi connectivity index (χ2n) is 10.2. The number of anilines is 2. The van der Waals surface area contributed by atoms with Crippen LogP contribution in [-0.2, 0) is 0 Å². The first-order valence-corrected chi connectivity index (χ1v) is 14.0. The van der Waals surface area contributed by atoms with Gasteiger partial charge in [-0.1, -0.05) is 25.4 Å². The predicted octanol–water partition coefficient (Wildman–Crippen LogP) is 5.46.